The van der Waals surface area contributed by atoms with Gasteiger partial charge in [-0.3, -0.25) is 9.13 Å². The van der Waals surface area contributed by atoms with Crippen molar-refractivity contribution in [3.8, 4) is 5.88 Å². The standard InChI is InChI=1S/C19H23N5O2/c1-12-8-18(26-3)21-10-14(12)22-17-9-15-16(11-20-17)23(2)19(25)24(15)13-6-4-5-7-13/h8-11,13H,4-7H2,1-3H3,(H,20,22). The molecule has 0 radical (unpaired) electrons. The summed E-state index contributed by atoms with van der Waals surface area (Å²) in [6, 6.07) is 4.11. The highest BCUT2D eigenvalue weighted by Crippen LogP contribution is 2.32. The van der Waals surface area contributed by atoms with Crippen LogP contribution >= 0.6 is 0 Å². The van der Waals surface area contributed by atoms with Gasteiger partial charge in [0.1, 0.15) is 5.82 Å². The van der Waals surface area contributed by atoms with Crippen molar-refractivity contribution in [3.05, 3.63) is 40.6 Å². The summed E-state index contributed by atoms with van der Waals surface area (Å²) < 4.78 is 8.78. The molecule has 3 heterocycles. The summed E-state index contributed by atoms with van der Waals surface area (Å²) in [6.45, 7) is 1.99. The van der Waals surface area contributed by atoms with Gasteiger partial charge >= 0.3 is 5.69 Å². The van der Waals surface area contributed by atoms with Crippen molar-refractivity contribution in [2.24, 2.45) is 7.05 Å². The first-order chi connectivity index (χ1) is 12.6. The van der Waals surface area contributed by atoms with Gasteiger partial charge in [0.05, 0.1) is 36.2 Å². The summed E-state index contributed by atoms with van der Waals surface area (Å²) in [5.41, 5.74) is 3.70. The third-order valence-corrected chi connectivity index (χ3v) is 5.22. The number of nitrogens with one attached hydrogen (secondary N) is 1. The number of pyridine rings is 2. The molecule has 136 valence electrons. The van der Waals surface area contributed by atoms with E-state index in [4.69, 9.17) is 4.74 Å². The lowest BCUT2D eigenvalue weighted by atomic mass is 10.2. The fourth-order valence-electron chi connectivity index (χ4n) is 3.75. The largest absolute Gasteiger partial charge is 0.481 e. The molecule has 0 spiro atoms. The number of anilines is 2. The molecule has 1 aliphatic rings. The number of hydrogen-bond acceptors (Lipinski definition) is 5. The van der Waals surface area contributed by atoms with Gasteiger partial charge in [0, 0.05) is 25.2 Å². The number of nitrogens with zero attached hydrogens (tertiary/aromatic N) is 4. The third kappa shape index (κ3) is 2.73. The van der Waals surface area contributed by atoms with Crippen molar-refractivity contribution in [2.75, 3.05) is 12.4 Å². The predicted molar refractivity (Wildman–Crippen MR) is 101 cm³/mol. The molecule has 1 saturated carbocycles. The molecule has 0 unspecified atom stereocenters. The van der Waals surface area contributed by atoms with Crippen LogP contribution in [0.5, 0.6) is 5.88 Å². The number of rotatable bonds is 4. The van der Waals surface area contributed by atoms with Gasteiger partial charge in [-0.25, -0.2) is 14.8 Å². The summed E-state index contributed by atoms with van der Waals surface area (Å²) >= 11 is 0. The van der Waals surface area contributed by atoms with E-state index in [0.29, 0.717) is 11.7 Å². The van der Waals surface area contributed by atoms with E-state index in [1.807, 2.05) is 30.7 Å². The van der Waals surface area contributed by atoms with Crippen LogP contribution in [-0.2, 0) is 7.05 Å². The van der Waals surface area contributed by atoms with E-state index >= 15 is 0 Å². The smallest absolute Gasteiger partial charge is 0.329 e. The lowest BCUT2D eigenvalue weighted by Crippen LogP contribution is -2.24. The molecular weight excluding hydrogens is 330 g/mol. The molecule has 0 aliphatic heterocycles. The SMILES string of the molecule is COc1cc(C)c(Nc2cc3c(cn2)n(C)c(=O)n3C2CCCC2)cn1. The van der Waals surface area contributed by atoms with E-state index in [1.54, 1.807) is 24.1 Å². The second-order valence-electron chi connectivity index (χ2n) is 6.87. The number of methoxy groups -OCH3 is 1. The molecule has 3 aromatic heterocycles. The van der Waals surface area contributed by atoms with Crippen LogP contribution in [0.25, 0.3) is 11.0 Å². The molecule has 0 aromatic carbocycles. The molecule has 7 nitrogen and oxygen atoms in total. The maximum absolute atomic E-state index is 12.7. The van der Waals surface area contributed by atoms with Gasteiger partial charge in [0.15, 0.2) is 0 Å². The molecule has 3 aromatic rings. The van der Waals surface area contributed by atoms with Gasteiger partial charge in [-0.15, -0.1) is 0 Å². The number of imidazole rings is 1. The zero-order valence-electron chi connectivity index (χ0n) is 15.3. The Bertz CT molecular complexity index is 1010. The summed E-state index contributed by atoms with van der Waals surface area (Å²) in [5.74, 6) is 1.28. The number of hydrogen-bond donors (Lipinski definition) is 1. The normalized spacial score (nSPS) is 14.9. The van der Waals surface area contributed by atoms with Crippen LogP contribution in [0.15, 0.2) is 29.3 Å². The van der Waals surface area contributed by atoms with Crippen molar-refractivity contribution in [2.45, 2.75) is 38.6 Å². The first kappa shape index (κ1) is 16.6. The quantitative estimate of drug-likeness (QED) is 0.779. The minimum Gasteiger partial charge on any atom is -0.481 e. The Hall–Kier alpha value is -2.83. The lowest BCUT2D eigenvalue weighted by molar-refractivity contribution is 0.397. The molecule has 0 bridgehead atoms. The highest BCUT2D eigenvalue weighted by Gasteiger charge is 2.23. The van der Waals surface area contributed by atoms with E-state index < -0.39 is 0 Å². The predicted octanol–water partition coefficient (Wildman–Crippen LogP) is 3.31. The minimum absolute atomic E-state index is 0.0353. The number of aromatic nitrogens is 4. The Kier molecular flexibility index (Phi) is 4.14. The minimum atomic E-state index is 0.0353. The third-order valence-electron chi connectivity index (χ3n) is 5.22. The van der Waals surface area contributed by atoms with Crippen molar-refractivity contribution in [3.63, 3.8) is 0 Å². The topological polar surface area (TPSA) is 74.0 Å². The summed E-state index contributed by atoms with van der Waals surface area (Å²) in [6.07, 6.45) is 7.98. The van der Waals surface area contributed by atoms with Crippen molar-refractivity contribution >= 4 is 22.5 Å². The van der Waals surface area contributed by atoms with E-state index in [0.717, 1.165) is 35.1 Å². The second-order valence-corrected chi connectivity index (χ2v) is 6.87. The van der Waals surface area contributed by atoms with Crippen LogP contribution in [0.1, 0.15) is 37.3 Å². The van der Waals surface area contributed by atoms with Crippen molar-refractivity contribution in [1.29, 1.82) is 0 Å². The van der Waals surface area contributed by atoms with E-state index in [1.165, 1.54) is 12.8 Å². The van der Waals surface area contributed by atoms with Crippen LogP contribution in [0.4, 0.5) is 11.5 Å². The zero-order chi connectivity index (χ0) is 18.3. The van der Waals surface area contributed by atoms with Crippen LogP contribution in [-0.4, -0.2) is 26.2 Å². The number of fused-ring (bicyclic) bond motifs is 1. The lowest BCUT2D eigenvalue weighted by Gasteiger charge is -2.13. The molecule has 0 atom stereocenters. The molecule has 7 heteroatoms. The van der Waals surface area contributed by atoms with Gasteiger partial charge in [-0.2, -0.15) is 0 Å². The van der Waals surface area contributed by atoms with Crippen LogP contribution < -0.4 is 15.7 Å². The molecule has 1 aliphatic carbocycles. The number of aryl methyl sites for hydroxylation is 2. The molecule has 1 N–H and O–H groups in total. The average Bonchev–Trinajstić information content (AvgIpc) is 3.24. The Morgan fingerprint density at radius 1 is 1.15 bits per heavy atom. The van der Waals surface area contributed by atoms with Crippen LogP contribution in [0.2, 0.25) is 0 Å². The van der Waals surface area contributed by atoms with Gasteiger partial charge in [-0.1, -0.05) is 12.8 Å². The van der Waals surface area contributed by atoms with E-state index in [-0.39, 0.29) is 11.7 Å². The highest BCUT2D eigenvalue weighted by molar-refractivity contribution is 5.79. The van der Waals surface area contributed by atoms with Gasteiger partial charge < -0.3 is 10.1 Å². The highest BCUT2D eigenvalue weighted by atomic mass is 16.5. The first-order valence-corrected chi connectivity index (χ1v) is 8.93. The molecular formula is C19H23N5O2. The monoisotopic (exact) mass is 353 g/mol. The maximum Gasteiger partial charge on any atom is 0.329 e. The Morgan fingerprint density at radius 3 is 2.62 bits per heavy atom. The van der Waals surface area contributed by atoms with E-state index in [2.05, 4.69) is 15.3 Å². The summed E-state index contributed by atoms with van der Waals surface area (Å²) in [4.78, 5) is 21.5. The second kappa shape index (κ2) is 6.48. The molecule has 4 rings (SSSR count). The van der Waals surface area contributed by atoms with Crippen LogP contribution in [0.3, 0.4) is 0 Å². The maximum atomic E-state index is 12.7. The molecule has 0 amide bonds. The Balaban J connectivity index is 1.75. The van der Waals surface area contributed by atoms with Gasteiger partial charge in [0.2, 0.25) is 5.88 Å². The summed E-state index contributed by atoms with van der Waals surface area (Å²) in [7, 11) is 3.41. The molecule has 1 fully saturated rings. The first-order valence-electron chi connectivity index (χ1n) is 8.93. The fraction of sp³-hybridized carbons (Fsp3) is 0.421. The molecule has 26 heavy (non-hydrogen) atoms. The Morgan fingerprint density at radius 2 is 1.92 bits per heavy atom. The zero-order valence-corrected chi connectivity index (χ0v) is 15.3. The van der Waals surface area contributed by atoms with Gasteiger partial charge in [0.25, 0.3) is 0 Å². The van der Waals surface area contributed by atoms with Crippen LogP contribution in [0, 0.1) is 6.92 Å². The summed E-state index contributed by atoms with van der Waals surface area (Å²) in [5, 5.41) is 3.31. The fourth-order valence-corrected chi connectivity index (χ4v) is 3.75. The average molecular weight is 353 g/mol. The van der Waals surface area contributed by atoms with Crippen molar-refractivity contribution in [1.82, 2.24) is 19.1 Å². The Labute approximate surface area is 151 Å². The van der Waals surface area contributed by atoms with Gasteiger partial charge in [-0.05, 0) is 25.3 Å². The molecule has 0 saturated heterocycles. The number of ether oxygens (including phenoxy) is 1. The van der Waals surface area contributed by atoms with Crippen molar-refractivity contribution < 1.29 is 4.74 Å². The van der Waals surface area contributed by atoms with E-state index in [9.17, 15) is 4.79 Å².